The Kier molecular flexibility index (Phi) is 8.06. The van der Waals surface area contributed by atoms with E-state index in [1.54, 1.807) is 6.08 Å². The summed E-state index contributed by atoms with van der Waals surface area (Å²) in [5, 5.41) is 0. The van der Waals surface area contributed by atoms with Crippen LogP contribution in [-0.2, 0) is 13.4 Å². The van der Waals surface area contributed by atoms with Crippen molar-refractivity contribution in [3.05, 3.63) is 23.3 Å². The van der Waals surface area contributed by atoms with Crippen molar-refractivity contribution in [1.29, 1.82) is 0 Å². The highest BCUT2D eigenvalue weighted by molar-refractivity contribution is 7.63. The van der Waals surface area contributed by atoms with Crippen LogP contribution in [0.2, 0.25) is 0 Å². The fourth-order valence-electron chi connectivity index (χ4n) is 1.37. The molecule has 0 fully saturated rings. The van der Waals surface area contributed by atoms with Gasteiger partial charge in [-0.15, -0.1) is 0 Å². The molecule has 0 aliphatic rings. The Hall–Kier alpha value is -0.220. The van der Waals surface area contributed by atoms with Crippen LogP contribution < -0.4 is 0 Å². The highest BCUT2D eigenvalue weighted by atomic mass is 31.3. The zero-order valence-corrected chi connectivity index (χ0v) is 13.2. The van der Waals surface area contributed by atoms with Crippen molar-refractivity contribution >= 4 is 15.4 Å². The molecule has 0 aromatic heterocycles. The third-order valence-electron chi connectivity index (χ3n) is 2.23. The Morgan fingerprint density at radius 3 is 2.11 bits per heavy atom. The summed E-state index contributed by atoms with van der Waals surface area (Å²) < 4.78 is 25.6. The van der Waals surface area contributed by atoms with Crippen molar-refractivity contribution in [3.63, 3.8) is 0 Å². The van der Waals surface area contributed by atoms with Crippen LogP contribution in [0, 0.1) is 0 Å². The Bertz CT molecular complexity index is 430. The molecule has 0 aromatic rings. The summed E-state index contributed by atoms with van der Waals surface area (Å²) in [7, 11) is -9.15. The third-order valence-corrected chi connectivity index (χ3v) is 4.92. The molecule has 0 rings (SSSR count). The summed E-state index contributed by atoms with van der Waals surface area (Å²) in [6.07, 6.45) is 5.57. The van der Waals surface area contributed by atoms with Crippen molar-refractivity contribution < 1.29 is 28.1 Å². The van der Waals surface area contributed by atoms with Crippen molar-refractivity contribution in [2.24, 2.45) is 0 Å². The Morgan fingerprint density at radius 2 is 1.63 bits per heavy atom. The predicted octanol–water partition coefficient (Wildman–Crippen LogP) is 3.36. The second-order valence-electron chi connectivity index (χ2n) is 4.59. The maximum Gasteiger partial charge on any atom is 0.476 e. The molecule has 0 bridgehead atoms. The summed E-state index contributed by atoms with van der Waals surface area (Å²) in [4.78, 5) is 26.1. The minimum atomic E-state index is -4.92. The number of hydrogen-bond acceptors (Lipinski definition) is 3. The molecule has 0 saturated heterocycles. The Balaban J connectivity index is 4.16. The Labute approximate surface area is 114 Å². The molecule has 0 aliphatic carbocycles. The lowest BCUT2D eigenvalue weighted by molar-refractivity contribution is 0.263. The first-order valence-corrected chi connectivity index (χ1v) is 9.19. The molecule has 1 atom stereocenters. The predicted molar refractivity (Wildman–Crippen MR) is 74.9 cm³/mol. The van der Waals surface area contributed by atoms with Gasteiger partial charge in [-0.05, 0) is 40.0 Å². The number of phosphoric acid groups is 1. The minimum Gasteiger partial charge on any atom is -0.324 e. The van der Waals surface area contributed by atoms with Gasteiger partial charge in [0.15, 0.2) is 0 Å². The second-order valence-corrected chi connectivity index (χ2v) is 7.95. The smallest absolute Gasteiger partial charge is 0.324 e. The van der Waals surface area contributed by atoms with E-state index in [1.165, 1.54) is 5.57 Å². The van der Waals surface area contributed by atoms with Crippen molar-refractivity contribution in [1.82, 2.24) is 0 Å². The first kappa shape index (κ1) is 18.8. The van der Waals surface area contributed by atoms with E-state index in [0.29, 0.717) is 0 Å². The molecule has 1 unspecified atom stereocenters. The summed E-state index contributed by atoms with van der Waals surface area (Å²) in [5.41, 5.74) is 2.30. The summed E-state index contributed by atoms with van der Waals surface area (Å²) >= 11 is 0. The third kappa shape index (κ3) is 12.6. The second kappa shape index (κ2) is 8.15. The fourth-order valence-corrected chi connectivity index (χ4v) is 3.48. The topological polar surface area (TPSA) is 104 Å². The van der Waals surface area contributed by atoms with Gasteiger partial charge in [-0.2, -0.15) is 0 Å². The molecule has 0 heterocycles. The molecular weight excluding hydrogens is 290 g/mol. The zero-order chi connectivity index (χ0) is 15.1. The van der Waals surface area contributed by atoms with Crippen LogP contribution in [0.4, 0.5) is 0 Å². The molecule has 6 nitrogen and oxygen atoms in total. The molecule has 112 valence electrons. The average molecular weight is 312 g/mol. The lowest BCUT2D eigenvalue weighted by Crippen LogP contribution is -1.93. The van der Waals surface area contributed by atoms with E-state index < -0.39 is 15.4 Å². The summed E-state index contributed by atoms with van der Waals surface area (Å²) in [6.45, 7) is 5.94. The highest BCUT2D eigenvalue weighted by Crippen LogP contribution is 2.57. The summed E-state index contributed by atoms with van der Waals surface area (Å²) in [5.74, 6) is 0. The van der Waals surface area contributed by atoms with Crippen LogP contribution in [0.25, 0.3) is 0 Å². The lowest BCUT2D eigenvalue weighted by Gasteiger charge is -2.11. The molecule has 0 aromatic carbocycles. The maximum atomic E-state index is 11.3. The zero-order valence-electron chi connectivity index (χ0n) is 11.4. The van der Waals surface area contributed by atoms with Crippen LogP contribution in [-0.4, -0.2) is 20.8 Å². The number of rotatable bonds is 8. The van der Waals surface area contributed by atoms with Crippen LogP contribution >= 0.6 is 15.4 Å². The largest absolute Gasteiger partial charge is 0.476 e. The van der Waals surface area contributed by atoms with Gasteiger partial charge in [0.25, 0.3) is 0 Å². The quantitative estimate of drug-likeness (QED) is 0.469. The maximum absolute atomic E-state index is 11.3. The van der Waals surface area contributed by atoms with E-state index in [4.69, 9.17) is 9.79 Å². The first-order valence-electron chi connectivity index (χ1n) is 5.89. The fraction of sp³-hybridized carbons (Fsp3) is 0.636. The van der Waals surface area contributed by atoms with Gasteiger partial charge in [-0.25, -0.2) is 8.88 Å². The molecule has 0 spiro atoms. The lowest BCUT2D eigenvalue weighted by atomic mass is 10.1. The van der Waals surface area contributed by atoms with Crippen molar-refractivity contribution in [2.75, 3.05) is 6.16 Å². The van der Waals surface area contributed by atoms with Crippen LogP contribution in [0.1, 0.15) is 40.0 Å². The molecule has 19 heavy (non-hydrogen) atoms. The van der Waals surface area contributed by atoms with Crippen LogP contribution in [0.3, 0.4) is 0 Å². The number of allylic oxidation sites excluding steroid dienone is 4. The molecular formula is C11H22O6P2. The van der Waals surface area contributed by atoms with Gasteiger partial charge in [-0.3, -0.25) is 4.57 Å². The molecule has 0 radical (unpaired) electrons. The molecule has 3 N–H and O–H groups in total. The van der Waals surface area contributed by atoms with Gasteiger partial charge in [-0.1, -0.05) is 23.3 Å². The van der Waals surface area contributed by atoms with Crippen LogP contribution in [0.5, 0.6) is 0 Å². The van der Waals surface area contributed by atoms with Crippen molar-refractivity contribution in [3.8, 4) is 0 Å². The number of hydrogen-bond donors (Lipinski definition) is 3. The van der Waals surface area contributed by atoms with Gasteiger partial charge < -0.3 is 14.7 Å². The van der Waals surface area contributed by atoms with E-state index >= 15 is 0 Å². The SMILES string of the molecule is CC(C)=CCCC(C)=CCCP(=O)(O)OP(=O)(O)O. The van der Waals surface area contributed by atoms with Crippen molar-refractivity contribution in [2.45, 2.75) is 40.0 Å². The van der Waals surface area contributed by atoms with E-state index in [2.05, 4.69) is 10.4 Å². The van der Waals surface area contributed by atoms with Gasteiger partial charge in [0.05, 0.1) is 6.16 Å². The molecule has 8 heteroatoms. The molecule has 0 amide bonds. The van der Waals surface area contributed by atoms with E-state index in [0.717, 1.165) is 18.4 Å². The van der Waals surface area contributed by atoms with E-state index in [-0.39, 0.29) is 12.6 Å². The monoisotopic (exact) mass is 312 g/mol. The summed E-state index contributed by atoms with van der Waals surface area (Å²) in [6, 6.07) is 0. The first-order chi connectivity index (χ1) is 8.52. The standard InChI is InChI=1S/C11H22O6P2/c1-10(2)6-4-7-11(3)8-5-9-18(12,13)17-19(14,15)16/h6,8H,4-5,7,9H2,1-3H3,(H,12,13)(H2,14,15,16). The van der Waals surface area contributed by atoms with Gasteiger partial charge >= 0.3 is 15.4 Å². The van der Waals surface area contributed by atoms with Gasteiger partial charge in [0.1, 0.15) is 0 Å². The van der Waals surface area contributed by atoms with Gasteiger partial charge in [0.2, 0.25) is 0 Å². The average Bonchev–Trinajstić information content (AvgIpc) is 2.12. The molecule has 0 aliphatic heterocycles. The van der Waals surface area contributed by atoms with Gasteiger partial charge in [0, 0.05) is 0 Å². The highest BCUT2D eigenvalue weighted by Gasteiger charge is 2.29. The Morgan fingerprint density at radius 1 is 1.05 bits per heavy atom. The normalized spacial score (nSPS) is 16.0. The van der Waals surface area contributed by atoms with E-state index in [9.17, 15) is 14.0 Å². The van der Waals surface area contributed by atoms with E-state index in [1.807, 2.05) is 20.8 Å². The molecule has 0 saturated carbocycles. The minimum absolute atomic E-state index is 0.244. The van der Waals surface area contributed by atoms with Crippen LogP contribution in [0.15, 0.2) is 23.3 Å².